The second-order valence-electron chi connectivity index (χ2n) is 12.8. The molecular formula is C37H47N3O5. The van der Waals surface area contributed by atoms with Crippen LogP contribution in [0.3, 0.4) is 0 Å². The van der Waals surface area contributed by atoms with Crippen molar-refractivity contribution in [2.24, 2.45) is 11.8 Å². The standard InChI is InChI=1S/C37H47N3O5/c1-26-22-40(27(2)25-41)36(42)21-30-20-31(38-37(43)29-10-6-4-7-11-29)16-19-34(30)45-35(26)24-39(3)23-28-14-17-33(18-15-28)44-32-12-8-5-9-13-32/h5,8-9,12-20,26-27,29,35,41H,4,6-7,10-11,21-25H2,1-3H3,(H,38,43)/t26-,27-,35-/m1/s1. The molecular weight excluding hydrogens is 566 g/mol. The minimum absolute atomic E-state index is 0.00341. The summed E-state index contributed by atoms with van der Waals surface area (Å²) in [5, 5.41) is 13.1. The summed E-state index contributed by atoms with van der Waals surface area (Å²) in [6.45, 7) is 5.69. The van der Waals surface area contributed by atoms with Gasteiger partial charge in [0.1, 0.15) is 23.4 Å². The molecule has 1 aliphatic heterocycles. The van der Waals surface area contributed by atoms with Crippen LogP contribution >= 0.6 is 0 Å². The second kappa shape index (κ2) is 15.4. The van der Waals surface area contributed by atoms with Gasteiger partial charge in [0.15, 0.2) is 0 Å². The topological polar surface area (TPSA) is 91.3 Å². The normalized spacial score (nSPS) is 19.9. The first-order chi connectivity index (χ1) is 21.8. The average molecular weight is 614 g/mol. The number of hydrogen-bond donors (Lipinski definition) is 2. The van der Waals surface area contributed by atoms with Crippen molar-refractivity contribution in [3.63, 3.8) is 0 Å². The van der Waals surface area contributed by atoms with E-state index in [1.54, 1.807) is 4.90 Å². The first-order valence-electron chi connectivity index (χ1n) is 16.3. The molecule has 5 rings (SSSR count). The Hall–Kier alpha value is -3.88. The Bertz CT molecular complexity index is 1410. The van der Waals surface area contributed by atoms with Gasteiger partial charge >= 0.3 is 0 Å². The molecule has 0 spiro atoms. The number of benzene rings is 3. The Labute approximate surface area is 267 Å². The molecule has 8 heteroatoms. The van der Waals surface area contributed by atoms with E-state index in [9.17, 15) is 14.7 Å². The van der Waals surface area contributed by atoms with E-state index >= 15 is 0 Å². The Balaban J connectivity index is 1.30. The Morgan fingerprint density at radius 3 is 2.47 bits per heavy atom. The lowest BCUT2D eigenvalue weighted by Crippen LogP contribution is -2.47. The monoisotopic (exact) mass is 613 g/mol. The zero-order valence-corrected chi connectivity index (χ0v) is 26.8. The lowest BCUT2D eigenvalue weighted by Gasteiger charge is -2.34. The maximum Gasteiger partial charge on any atom is 0.227 e. The number of nitrogens with one attached hydrogen (secondary N) is 1. The highest BCUT2D eigenvalue weighted by Gasteiger charge is 2.31. The first kappa shape index (κ1) is 32.5. The number of carbonyl (C=O) groups excluding carboxylic acids is 2. The predicted octanol–water partition coefficient (Wildman–Crippen LogP) is 6.28. The van der Waals surface area contributed by atoms with E-state index in [1.807, 2.05) is 67.6 Å². The van der Waals surface area contributed by atoms with Crippen molar-refractivity contribution in [2.45, 2.75) is 71.1 Å². The predicted molar refractivity (Wildman–Crippen MR) is 176 cm³/mol. The van der Waals surface area contributed by atoms with Gasteiger partial charge in [-0.15, -0.1) is 0 Å². The van der Waals surface area contributed by atoms with E-state index in [1.165, 1.54) is 6.42 Å². The lowest BCUT2D eigenvalue weighted by atomic mass is 9.88. The van der Waals surface area contributed by atoms with Gasteiger partial charge in [-0.25, -0.2) is 0 Å². The van der Waals surface area contributed by atoms with E-state index in [0.717, 1.165) is 48.3 Å². The molecule has 3 atom stereocenters. The quantitative estimate of drug-likeness (QED) is 0.280. The number of nitrogens with zero attached hydrogens (tertiary/aromatic N) is 2. The number of aliphatic hydroxyl groups is 1. The summed E-state index contributed by atoms with van der Waals surface area (Å²) in [5.74, 6) is 2.28. The van der Waals surface area contributed by atoms with Crippen molar-refractivity contribution < 1.29 is 24.2 Å². The molecule has 2 amide bonds. The van der Waals surface area contributed by atoms with Crippen LogP contribution in [-0.4, -0.2) is 65.6 Å². The molecule has 0 aromatic heterocycles. The highest BCUT2D eigenvalue weighted by Crippen LogP contribution is 2.31. The fourth-order valence-electron chi connectivity index (χ4n) is 6.31. The molecule has 3 aromatic carbocycles. The van der Waals surface area contributed by atoms with Crippen LogP contribution in [0.2, 0.25) is 0 Å². The van der Waals surface area contributed by atoms with E-state index in [4.69, 9.17) is 9.47 Å². The van der Waals surface area contributed by atoms with Crippen molar-refractivity contribution in [3.05, 3.63) is 83.9 Å². The van der Waals surface area contributed by atoms with Gasteiger partial charge < -0.3 is 24.8 Å². The maximum atomic E-state index is 13.6. The molecule has 1 heterocycles. The van der Waals surface area contributed by atoms with E-state index in [2.05, 4.69) is 36.3 Å². The van der Waals surface area contributed by atoms with Gasteiger partial charge in [-0.05, 0) is 74.8 Å². The van der Waals surface area contributed by atoms with Crippen molar-refractivity contribution in [1.29, 1.82) is 0 Å². The number of aliphatic hydroxyl groups excluding tert-OH is 1. The molecule has 2 N–H and O–H groups in total. The first-order valence-corrected chi connectivity index (χ1v) is 16.3. The Morgan fingerprint density at radius 1 is 1.04 bits per heavy atom. The van der Waals surface area contributed by atoms with Crippen molar-refractivity contribution in [2.75, 3.05) is 32.1 Å². The van der Waals surface area contributed by atoms with Gasteiger partial charge in [-0.1, -0.05) is 56.5 Å². The van der Waals surface area contributed by atoms with Crippen molar-refractivity contribution in [1.82, 2.24) is 9.80 Å². The number of anilines is 1. The number of fused-ring (bicyclic) bond motifs is 1. The van der Waals surface area contributed by atoms with Crippen LogP contribution in [0, 0.1) is 11.8 Å². The minimum atomic E-state index is -0.314. The second-order valence-corrected chi connectivity index (χ2v) is 12.8. The zero-order valence-electron chi connectivity index (χ0n) is 26.8. The van der Waals surface area contributed by atoms with Gasteiger partial charge in [0.05, 0.1) is 19.1 Å². The van der Waals surface area contributed by atoms with Crippen molar-refractivity contribution in [3.8, 4) is 17.2 Å². The van der Waals surface area contributed by atoms with Crippen LogP contribution in [0.15, 0.2) is 72.8 Å². The summed E-state index contributed by atoms with van der Waals surface area (Å²) in [6, 6.07) is 23.2. The summed E-state index contributed by atoms with van der Waals surface area (Å²) in [6.07, 6.45) is 5.14. The van der Waals surface area contributed by atoms with Gasteiger partial charge in [0.25, 0.3) is 0 Å². The van der Waals surface area contributed by atoms with Crippen LogP contribution in [0.1, 0.15) is 57.1 Å². The Morgan fingerprint density at radius 2 is 1.76 bits per heavy atom. The SMILES string of the molecule is C[C@@H]1CN([C@H](C)CO)C(=O)Cc2cc(NC(=O)C3CCCCC3)ccc2O[C@@H]1CN(C)Cc1ccc(Oc2ccccc2)cc1. The molecule has 0 radical (unpaired) electrons. The number of hydrogen-bond acceptors (Lipinski definition) is 6. The smallest absolute Gasteiger partial charge is 0.227 e. The number of ether oxygens (including phenoxy) is 2. The molecule has 0 bridgehead atoms. The molecule has 240 valence electrons. The molecule has 1 fully saturated rings. The third kappa shape index (κ3) is 8.86. The van der Waals surface area contributed by atoms with Crippen LogP contribution in [0.5, 0.6) is 17.2 Å². The molecule has 1 saturated carbocycles. The molecule has 45 heavy (non-hydrogen) atoms. The number of amides is 2. The lowest BCUT2D eigenvalue weighted by molar-refractivity contribution is -0.134. The number of carbonyl (C=O) groups is 2. The largest absolute Gasteiger partial charge is 0.488 e. The molecule has 3 aromatic rings. The highest BCUT2D eigenvalue weighted by atomic mass is 16.5. The number of rotatable bonds is 10. The van der Waals surface area contributed by atoms with Gasteiger partial charge in [-0.3, -0.25) is 14.5 Å². The third-order valence-corrected chi connectivity index (χ3v) is 9.01. The van der Waals surface area contributed by atoms with Crippen LogP contribution in [0.4, 0.5) is 5.69 Å². The summed E-state index contributed by atoms with van der Waals surface area (Å²) >= 11 is 0. The highest BCUT2D eigenvalue weighted by molar-refractivity contribution is 5.93. The zero-order chi connectivity index (χ0) is 31.8. The molecule has 0 unspecified atom stereocenters. The third-order valence-electron chi connectivity index (χ3n) is 9.01. The molecule has 1 aliphatic carbocycles. The minimum Gasteiger partial charge on any atom is -0.488 e. The fraction of sp³-hybridized carbons (Fsp3) is 0.459. The van der Waals surface area contributed by atoms with E-state index in [0.29, 0.717) is 31.1 Å². The van der Waals surface area contributed by atoms with Crippen LogP contribution < -0.4 is 14.8 Å². The van der Waals surface area contributed by atoms with E-state index in [-0.39, 0.29) is 48.8 Å². The van der Waals surface area contributed by atoms with Gasteiger partial charge in [0, 0.05) is 42.7 Å². The molecule has 2 aliphatic rings. The maximum absolute atomic E-state index is 13.6. The van der Waals surface area contributed by atoms with Gasteiger partial charge in [0.2, 0.25) is 11.8 Å². The molecule has 8 nitrogen and oxygen atoms in total. The summed E-state index contributed by atoms with van der Waals surface area (Å²) in [4.78, 5) is 30.5. The van der Waals surface area contributed by atoms with Crippen LogP contribution in [0.25, 0.3) is 0 Å². The Kier molecular flexibility index (Phi) is 11.1. The number of likely N-dealkylation sites (N-methyl/N-ethyl adjacent to an activating group) is 1. The summed E-state index contributed by atoms with van der Waals surface area (Å²) < 4.78 is 12.6. The van der Waals surface area contributed by atoms with Crippen LogP contribution in [-0.2, 0) is 22.6 Å². The average Bonchev–Trinajstić information content (AvgIpc) is 3.09. The van der Waals surface area contributed by atoms with E-state index < -0.39 is 0 Å². The van der Waals surface area contributed by atoms with Crippen molar-refractivity contribution >= 4 is 17.5 Å². The fourth-order valence-corrected chi connectivity index (χ4v) is 6.31. The summed E-state index contributed by atoms with van der Waals surface area (Å²) in [7, 11) is 2.07. The summed E-state index contributed by atoms with van der Waals surface area (Å²) in [5.41, 5.74) is 2.58. The number of para-hydroxylation sites is 1. The molecule has 0 saturated heterocycles. The van der Waals surface area contributed by atoms with Gasteiger partial charge in [-0.2, -0.15) is 0 Å².